The van der Waals surface area contributed by atoms with Crippen LogP contribution in [0.3, 0.4) is 0 Å². The summed E-state index contributed by atoms with van der Waals surface area (Å²) in [6.07, 6.45) is 3.28. The zero-order valence-corrected chi connectivity index (χ0v) is 19.2. The van der Waals surface area contributed by atoms with Crippen LogP contribution in [0.4, 0.5) is 10.1 Å². The fraction of sp³-hybridized carbons (Fsp3) is 0.542. The Bertz CT molecular complexity index is 1250. The molecule has 0 bridgehead atoms. The number of amides is 1. The van der Waals surface area contributed by atoms with Gasteiger partial charge in [-0.25, -0.2) is 9.37 Å². The van der Waals surface area contributed by atoms with Crippen molar-refractivity contribution in [3.63, 3.8) is 0 Å². The third-order valence-corrected chi connectivity index (χ3v) is 7.94. The average molecular weight is 453 g/mol. The number of likely N-dealkylation sites (N-methyl/N-ethyl adjacent to an activating group) is 1. The molecular weight excluding hydrogens is 423 g/mol. The van der Waals surface area contributed by atoms with Gasteiger partial charge in [-0.2, -0.15) is 5.10 Å². The number of anilines is 1. The summed E-state index contributed by atoms with van der Waals surface area (Å²) in [5.41, 5.74) is 5.09. The van der Waals surface area contributed by atoms with E-state index in [-0.39, 0.29) is 17.6 Å². The lowest BCUT2D eigenvalue weighted by molar-refractivity contribution is -0.124. The van der Waals surface area contributed by atoms with Crippen LogP contribution in [0.2, 0.25) is 0 Å². The molecule has 3 atom stereocenters. The molecule has 2 aromatic heterocycles. The molecule has 1 aliphatic heterocycles. The number of nitrogens with zero attached hydrogens (tertiary/aromatic N) is 4. The number of carbonyl (C=O) groups is 1. The summed E-state index contributed by atoms with van der Waals surface area (Å²) in [6.45, 7) is 6.80. The molecule has 0 radical (unpaired) electrons. The number of hydrogen-bond donors (Lipinski definition) is 2. The zero-order valence-electron chi connectivity index (χ0n) is 19.2. The van der Waals surface area contributed by atoms with E-state index >= 15 is 4.39 Å². The van der Waals surface area contributed by atoms with Gasteiger partial charge in [0.2, 0.25) is 5.91 Å². The first kappa shape index (κ1) is 20.8. The molecule has 1 aromatic carbocycles. The number of halogens is 1. The smallest absolute Gasteiger partial charge is 0.243 e. The minimum absolute atomic E-state index is 0.153. The first-order valence-corrected chi connectivity index (χ1v) is 11.7. The Balaban J connectivity index is 1.29. The van der Waals surface area contributed by atoms with Crippen LogP contribution in [-0.4, -0.2) is 70.4 Å². The molecule has 3 aromatic rings. The molecule has 2 N–H and O–H groups in total. The number of imidazole rings is 1. The fourth-order valence-electron chi connectivity index (χ4n) is 5.56. The summed E-state index contributed by atoms with van der Waals surface area (Å²) in [5.74, 6) is 0.738. The van der Waals surface area contributed by atoms with Crippen molar-refractivity contribution in [3.8, 4) is 11.5 Å². The first-order valence-electron chi connectivity index (χ1n) is 11.7. The van der Waals surface area contributed by atoms with Gasteiger partial charge in [-0.3, -0.25) is 14.8 Å². The zero-order chi connectivity index (χ0) is 22.9. The summed E-state index contributed by atoms with van der Waals surface area (Å²) in [4.78, 5) is 24.5. The van der Waals surface area contributed by atoms with E-state index in [1.165, 1.54) is 28.6 Å². The quantitative estimate of drug-likeness (QED) is 0.635. The van der Waals surface area contributed by atoms with Crippen molar-refractivity contribution in [1.29, 1.82) is 0 Å². The number of hydrogen-bond acceptors (Lipinski definition) is 5. The highest BCUT2D eigenvalue weighted by molar-refractivity contribution is 5.98. The Morgan fingerprint density at radius 3 is 2.94 bits per heavy atom. The lowest BCUT2D eigenvalue weighted by Gasteiger charge is -2.33. The second kappa shape index (κ2) is 7.36. The van der Waals surface area contributed by atoms with E-state index in [1.807, 2.05) is 6.92 Å². The first-order chi connectivity index (χ1) is 15.8. The molecule has 174 valence electrons. The van der Waals surface area contributed by atoms with E-state index in [4.69, 9.17) is 9.72 Å². The molecule has 2 fully saturated rings. The molecule has 3 heterocycles. The van der Waals surface area contributed by atoms with Crippen molar-refractivity contribution in [1.82, 2.24) is 25.1 Å². The lowest BCUT2D eigenvalue weighted by atomic mass is 9.88. The van der Waals surface area contributed by atoms with Gasteiger partial charge in [-0.1, -0.05) is 6.92 Å². The normalized spacial score (nSPS) is 25.5. The van der Waals surface area contributed by atoms with E-state index in [1.54, 1.807) is 13.1 Å². The summed E-state index contributed by atoms with van der Waals surface area (Å²) in [5, 5.41) is 7.74. The van der Waals surface area contributed by atoms with Gasteiger partial charge in [0, 0.05) is 37.5 Å². The minimum atomic E-state index is -0.458. The third kappa shape index (κ3) is 3.36. The van der Waals surface area contributed by atoms with Gasteiger partial charge < -0.3 is 14.6 Å². The van der Waals surface area contributed by atoms with Crippen LogP contribution in [0, 0.1) is 17.2 Å². The standard InChI is InChI=1S/C24H29FN6O2/c1-13(31-4-6-33-7-5-31)23(32)30(3)20-10-18-17(9-16(20)25)26-22(27-18)21-15-8-14-11-24(14,2)12-19(15)28-29-21/h9-10,13-14H,4-8,11-12H2,1-3H3,(H,26,27)(H,28,29)/t13?,14-,24-/m1/s1. The molecule has 1 unspecified atom stereocenters. The maximum atomic E-state index is 15.1. The van der Waals surface area contributed by atoms with Crippen LogP contribution in [0.5, 0.6) is 0 Å². The van der Waals surface area contributed by atoms with Crippen LogP contribution in [0.25, 0.3) is 22.6 Å². The molecule has 1 amide bonds. The maximum absolute atomic E-state index is 15.1. The molecule has 0 spiro atoms. The Morgan fingerprint density at radius 2 is 2.15 bits per heavy atom. The summed E-state index contributed by atoms with van der Waals surface area (Å²) in [6, 6.07) is 2.71. The number of fused-ring (bicyclic) bond motifs is 3. The van der Waals surface area contributed by atoms with Crippen LogP contribution in [0.15, 0.2) is 12.1 Å². The van der Waals surface area contributed by atoms with Gasteiger partial charge in [0.25, 0.3) is 0 Å². The second-order valence-electron chi connectivity index (χ2n) is 10.1. The van der Waals surface area contributed by atoms with Crippen molar-refractivity contribution in [2.45, 2.75) is 39.2 Å². The number of aromatic nitrogens is 4. The van der Waals surface area contributed by atoms with Gasteiger partial charge in [-0.05, 0) is 43.6 Å². The number of ether oxygens (including phenoxy) is 1. The van der Waals surface area contributed by atoms with Crippen LogP contribution >= 0.6 is 0 Å². The number of rotatable bonds is 4. The van der Waals surface area contributed by atoms with E-state index in [0.29, 0.717) is 54.5 Å². The van der Waals surface area contributed by atoms with Crippen LogP contribution in [-0.2, 0) is 22.4 Å². The monoisotopic (exact) mass is 452 g/mol. The number of carbonyl (C=O) groups excluding carboxylic acids is 1. The Hall–Kier alpha value is -2.78. The highest BCUT2D eigenvalue weighted by Crippen LogP contribution is 2.59. The highest BCUT2D eigenvalue weighted by atomic mass is 19.1. The minimum Gasteiger partial charge on any atom is -0.379 e. The van der Waals surface area contributed by atoms with Gasteiger partial charge in [0.1, 0.15) is 11.5 Å². The molecule has 1 saturated carbocycles. The number of nitrogens with one attached hydrogen (secondary N) is 2. The summed E-state index contributed by atoms with van der Waals surface area (Å²) < 4.78 is 20.4. The average Bonchev–Trinajstić information content (AvgIpc) is 3.10. The predicted molar refractivity (Wildman–Crippen MR) is 123 cm³/mol. The molecule has 1 saturated heterocycles. The summed E-state index contributed by atoms with van der Waals surface area (Å²) >= 11 is 0. The number of morpholine rings is 1. The number of H-pyrrole nitrogens is 2. The maximum Gasteiger partial charge on any atom is 0.243 e. The molecule has 33 heavy (non-hydrogen) atoms. The Morgan fingerprint density at radius 1 is 1.36 bits per heavy atom. The SMILES string of the molecule is CC(C(=O)N(C)c1cc2nc(-c3n[nH]c4c3C[C@@H]3C[C@]3(C)C4)[nH]c2cc1F)N1CCOCC1. The predicted octanol–water partition coefficient (Wildman–Crippen LogP) is 2.90. The van der Waals surface area contributed by atoms with Crippen molar-refractivity contribution in [2.24, 2.45) is 11.3 Å². The van der Waals surface area contributed by atoms with Gasteiger partial charge in [-0.15, -0.1) is 0 Å². The Labute approximate surface area is 191 Å². The molecule has 3 aliphatic rings. The lowest BCUT2D eigenvalue weighted by Crippen LogP contribution is -2.50. The number of aromatic amines is 2. The molecule has 9 heteroatoms. The van der Waals surface area contributed by atoms with Gasteiger partial charge in [0.05, 0.1) is 36.0 Å². The third-order valence-electron chi connectivity index (χ3n) is 7.94. The van der Waals surface area contributed by atoms with Gasteiger partial charge in [0.15, 0.2) is 5.82 Å². The fourth-order valence-corrected chi connectivity index (χ4v) is 5.56. The topological polar surface area (TPSA) is 90.1 Å². The van der Waals surface area contributed by atoms with Crippen molar-refractivity contribution >= 4 is 22.6 Å². The van der Waals surface area contributed by atoms with E-state index < -0.39 is 5.82 Å². The van der Waals surface area contributed by atoms with E-state index in [2.05, 4.69) is 27.0 Å². The van der Waals surface area contributed by atoms with Gasteiger partial charge >= 0.3 is 0 Å². The van der Waals surface area contributed by atoms with Crippen LogP contribution < -0.4 is 4.90 Å². The summed E-state index contributed by atoms with van der Waals surface area (Å²) in [7, 11) is 1.62. The molecule has 2 aliphatic carbocycles. The molecular formula is C24H29FN6O2. The molecule has 6 rings (SSSR count). The second-order valence-corrected chi connectivity index (χ2v) is 10.1. The van der Waals surface area contributed by atoms with Crippen molar-refractivity contribution in [2.75, 3.05) is 38.3 Å². The number of benzene rings is 1. The van der Waals surface area contributed by atoms with Crippen molar-refractivity contribution < 1.29 is 13.9 Å². The Kier molecular flexibility index (Phi) is 4.64. The van der Waals surface area contributed by atoms with Crippen LogP contribution in [0.1, 0.15) is 31.5 Å². The highest BCUT2D eigenvalue weighted by Gasteiger charge is 2.53. The van der Waals surface area contributed by atoms with E-state index in [9.17, 15) is 4.79 Å². The van der Waals surface area contributed by atoms with Crippen molar-refractivity contribution in [3.05, 3.63) is 29.2 Å². The molecule has 8 nitrogen and oxygen atoms in total. The largest absolute Gasteiger partial charge is 0.379 e. The van der Waals surface area contributed by atoms with E-state index in [0.717, 1.165) is 18.5 Å².